The van der Waals surface area contributed by atoms with Crippen molar-refractivity contribution in [2.45, 2.75) is 12.8 Å². The smallest absolute Gasteiger partial charge is 0.419 e. The lowest BCUT2D eigenvalue weighted by Crippen LogP contribution is -2.09. The van der Waals surface area contributed by atoms with Gasteiger partial charge in [0.15, 0.2) is 5.82 Å². The van der Waals surface area contributed by atoms with Crippen LogP contribution in [0.5, 0.6) is 5.75 Å². The first kappa shape index (κ1) is 14.2. The topological polar surface area (TPSA) is 35.2 Å². The highest BCUT2D eigenvalue weighted by atomic mass is 19.4. The van der Waals surface area contributed by atoms with Gasteiger partial charge in [0, 0.05) is 5.56 Å². The van der Waals surface area contributed by atoms with Crippen LogP contribution in [0.3, 0.4) is 0 Å². The van der Waals surface area contributed by atoms with Crippen LogP contribution in [0, 0.1) is 5.82 Å². The van der Waals surface area contributed by atoms with E-state index in [0.717, 1.165) is 6.07 Å². The molecule has 106 valence electrons. The standard InChI is InChI=1S/C14H11F4NO/c15-13-9(4-3-6-11(13)19)8-20-12-7-2-1-5-10(12)14(16,17)18/h1-7H,8,19H2. The summed E-state index contributed by atoms with van der Waals surface area (Å²) >= 11 is 0. The van der Waals surface area contributed by atoms with Crippen LogP contribution >= 0.6 is 0 Å². The van der Waals surface area contributed by atoms with E-state index in [4.69, 9.17) is 10.5 Å². The lowest BCUT2D eigenvalue weighted by molar-refractivity contribution is -0.139. The molecule has 6 heteroatoms. The average molecular weight is 285 g/mol. The molecule has 2 nitrogen and oxygen atoms in total. The van der Waals surface area contributed by atoms with E-state index in [1.165, 1.54) is 36.4 Å². The molecule has 2 N–H and O–H groups in total. The molecule has 0 heterocycles. The highest BCUT2D eigenvalue weighted by molar-refractivity contribution is 5.43. The fraction of sp³-hybridized carbons (Fsp3) is 0.143. The molecule has 2 aromatic carbocycles. The number of alkyl halides is 3. The molecule has 0 spiro atoms. The van der Waals surface area contributed by atoms with Crippen molar-refractivity contribution in [2.75, 3.05) is 5.73 Å². The molecule has 0 aliphatic heterocycles. The number of hydrogen-bond acceptors (Lipinski definition) is 2. The molecule has 0 saturated heterocycles. The van der Waals surface area contributed by atoms with Crippen molar-refractivity contribution in [2.24, 2.45) is 0 Å². The minimum absolute atomic E-state index is 0.0739. The quantitative estimate of drug-likeness (QED) is 0.683. The van der Waals surface area contributed by atoms with Gasteiger partial charge < -0.3 is 10.5 Å². The first-order valence-corrected chi connectivity index (χ1v) is 5.71. The summed E-state index contributed by atoms with van der Waals surface area (Å²) < 4.78 is 56.9. The minimum Gasteiger partial charge on any atom is -0.488 e. The summed E-state index contributed by atoms with van der Waals surface area (Å²) in [6.45, 7) is -0.329. The van der Waals surface area contributed by atoms with E-state index in [2.05, 4.69) is 0 Å². The molecule has 0 bridgehead atoms. The monoisotopic (exact) mass is 285 g/mol. The molecule has 2 rings (SSSR count). The lowest BCUT2D eigenvalue weighted by atomic mass is 10.2. The van der Waals surface area contributed by atoms with Gasteiger partial charge in [-0.2, -0.15) is 13.2 Å². The maximum absolute atomic E-state index is 13.6. The van der Waals surface area contributed by atoms with E-state index in [1.807, 2.05) is 0 Å². The highest BCUT2D eigenvalue weighted by Crippen LogP contribution is 2.36. The number of hydrogen-bond donors (Lipinski definition) is 1. The van der Waals surface area contributed by atoms with E-state index in [0.29, 0.717) is 0 Å². The number of rotatable bonds is 3. The van der Waals surface area contributed by atoms with Crippen LogP contribution in [-0.4, -0.2) is 0 Å². The second-order valence-corrected chi connectivity index (χ2v) is 4.10. The van der Waals surface area contributed by atoms with Crippen LogP contribution in [0.25, 0.3) is 0 Å². The Morgan fingerprint density at radius 2 is 1.70 bits per heavy atom. The number of halogens is 4. The molecule has 0 aromatic heterocycles. The largest absolute Gasteiger partial charge is 0.488 e. The van der Waals surface area contributed by atoms with Crippen LogP contribution in [0.2, 0.25) is 0 Å². The second kappa shape index (κ2) is 5.40. The number of ether oxygens (including phenoxy) is 1. The van der Waals surface area contributed by atoms with Gasteiger partial charge in [-0.1, -0.05) is 24.3 Å². The van der Waals surface area contributed by atoms with Crippen molar-refractivity contribution in [1.29, 1.82) is 0 Å². The minimum atomic E-state index is -4.52. The Bertz CT molecular complexity index is 610. The van der Waals surface area contributed by atoms with Gasteiger partial charge >= 0.3 is 6.18 Å². The Kier molecular flexibility index (Phi) is 3.83. The summed E-state index contributed by atoms with van der Waals surface area (Å²) in [5.41, 5.74) is 4.50. The van der Waals surface area contributed by atoms with E-state index in [1.54, 1.807) is 0 Å². The zero-order valence-corrected chi connectivity index (χ0v) is 10.2. The number of anilines is 1. The molecule has 0 unspecified atom stereocenters. The SMILES string of the molecule is Nc1cccc(COc2ccccc2C(F)(F)F)c1F. The van der Waals surface area contributed by atoms with E-state index in [9.17, 15) is 17.6 Å². The van der Waals surface area contributed by atoms with Crippen LogP contribution in [0.15, 0.2) is 42.5 Å². The van der Waals surface area contributed by atoms with Crippen molar-refractivity contribution < 1.29 is 22.3 Å². The summed E-state index contributed by atoms with van der Waals surface area (Å²) in [5, 5.41) is 0. The normalized spacial score (nSPS) is 11.4. The van der Waals surface area contributed by atoms with Crippen LogP contribution < -0.4 is 10.5 Å². The van der Waals surface area contributed by atoms with Crippen LogP contribution in [0.4, 0.5) is 23.2 Å². The van der Waals surface area contributed by atoms with Gasteiger partial charge in [0.05, 0.1) is 11.3 Å². The van der Waals surface area contributed by atoms with Gasteiger partial charge in [-0.05, 0) is 18.2 Å². The third-order valence-corrected chi connectivity index (χ3v) is 2.68. The van der Waals surface area contributed by atoms with Crippen molar-refractivity contribution in [1.82, 2.24) is 0 Å². The zero-order valence-electron chi connectivity index (χ0n) is 10.2. The molecular formula is C14H11F4NO. The molecule has 0 saturated carbocycles. The summed E-state index contributed by atoms with van der Waals surface area (Å²) in [7, 11) is 0. The van der Waals surface area contributed by atoms with Crippen molar-refractivity contribution in [3.05, 3.63) is 59.4 Å². The van der Waals surface area contributed by atoms with Crippen molar-refractivity contribution >= 4 is 5.69 Å². The van der Waals surface area contributed by atoms with Gasteiger partial charge in [-0.3, -0.25) is 0 Å². The van der Waals surface area contributed by atoms with E-state index in [-0.39, 0.29) is 23.6 Å². The number of nitrogens with two attached hydrogens (primary N) is 1. The molecule has 0 amide bonds. The van der Waals surface area contributed by atoms with E-state index < -0.39 is 17.6 Å². The first-order valence-electron chi connectivity index (χ1n) is 5.71. The maximum atomic E-state index is 13.6. The number of para-hydroxylation sites is 1. The fourth-order valence-electron chi connectivity index (χ4n) is 1.69. The van der Waals surface area contributed by atoms with Gasteiger partial charge in [-0.15, -0.1) is 0 Å². The van der Waals surface area contributed by atoms with Gasteiger partial charge in [-0.25, -0.2) is 4.39 Å². The Morgan fingerprint density at radius 1 is 1.00 bits per heavy atom. The van der Waals surface area contributed by atoms with Gasteiger partial charge in [0.1, 0.15) is 12.4 Å². The Hall–Kier alpha value is -2.24. The molecule has 0 fully saturated rings. The fourth-order valence-corrected chi connectivity index (χ4v) is 1.69. The molecular weight excluding hydrogens is 274 g/mol. The van der Waals surface area contributed by atoms with Gasteiger partial charge in [0.25, 0.3) is 0 Å². The predicted octanol–water partition coefficient (Wildman–Crippen LogP) is 4.01. The summed E-state index contributed by atoms with van der Waals surface area (Å²) in [6, 6.07) is 9.05. The third-order valence-electron chi connectivity index (χ3n) is 2.68. The molecule has 0 aliphatic carbocycles. The maximum Gasteiger partial charge on any atom is 0.419 e. The van der Waals surface area contributed by atoms with Crippen molar-refractivity contribution in [3.8, 4) is 5.75 Å². The third kappa shape index (κ3) is 3.01. The summed E-state index contributed by atoms with van der Waals surface area (Å²) in [5.74, 6) is -1.03. The summed E-state index contributed by atoms with van der Waals surface area (Å²) in [4.78, 5) is 0. The summed E-state index contributed by atoms with van der Waals surface area (Å²) in [6.07, 6.45) is -4.52. The Labute approximate surface area is 112 Å². The molecule has 0 aliphatic rings. The van der Waals surface area contributed by atoms with Crippen LogP contribution in [0.1, 0.15) is 11.1 Å². The highest BCUT2D eigenvalue weighted by Gasteiger charge is 2.34. The molecule has 0 atom stereocenters. The molecule has 20 heavy (non-hydrogen) atoms. The Morgan fingerprint density at radius 3 is 2.40 bits per heavy atom. The van der Waals surface area contributed by atoms with E-state index >= 15 is 0 Å². The van der Waals surface area contributed by atoms with Crippen LogP contribution in [-0.2, 0) is 12.8 Å². The average Bonchev–Trinajstić information content (AvgIpc) is 2.40. The molecule has 0 radical (unpaired) electrons. The van der Waals surface area contributed by atoms with Crippen molar-refractivity contribution in [3.63, 3.8) is 0 Å². The second-order valence-electron chi connectivity index (χ2n) is 4.10. The lowest BCUT2D eigenvalue weighted by Gasteiger charge is -2.14. The number of nitrogen functional groups attached to an aromatic ring is 1. The van der Waals surface area contributed by atoms with Gasteiger partial charge in [0.2, 0.25) is 0 Å². The predicted molar refractivity (Wildman–Crippen MR) is 66.6 cm³/mol. The first-order chi connectivity index (χ1) is 9.39. The zero-order chi connectivity index (χ0) is 14.8. The molecule has 2 aromatic rings. The number of benzene rings is 2. The Balaban J connectivity index is 2.22.